The SMILES string of the molecule is O=C1CC=CC[C@@]12CCCCC21OCCO1. The summed E-state index contributed by atoms with van der Waals surface area (Å²) in [6.45, 7) is 1.28. The highest BCUT2D eigenvalue weighted by molar-refractivity contribution is 5.88. The Balaban J connectivity index is 2.01. The largest absolute Gasteiger partial charge is 0.346 e. The number of ether oxygens (including phenoxy) is 2. The van der Waals surface area contributed by atoms with Gasteiger partial charge in [0.15, 0.2) is 5.79 Å². The molecule has 1 aliphatic heterocycles. The van der Waals surface area contributed by atoms with E-state index < -0.39 is 5.79 Å². The summed E-state index contributed by atoms with van der Waals surface area (Å²) in [4.78, 5) is 12.3. The smallest absolute Gasteiger partial charge is 0.181 e. The highest BCUT2D eigenvalue weighted by Crippen LogP contribution is 2.53. The van der Waals surface area contributed by atoms with Gasteiger partial charge in [-0.25, -0.2) is 0 Å². The number of rotatable bonds is 0. The zero-order valence-electron chi connectivity index (χ0n) is 9.54. The zero-order chi connectivity index (χ0) is 11.1. The normalized spacial score (nSPS) is 37.4. The average Bonchev–Trinajstić information content (AvgIpc) is 2.76. The molecule has 0 bridgehead atoms. The summed E-state index contributed by atoms with van der Waals surface area (Å²) >= 11 is 0. The molecule has 0 aromatic rings. The molecule has 2 aliphatic carbocycles. The van der Waals surface area contributed by atoms with Crippen LogP contribution in [0.4, 0.5) is 0 Å². The number of Topliss-reactive ketones (excluding diaryl/α,β-unsaturated/α-hetero) is 1. The molecule has 0 unspecified atom stereocenters. The average molecular weight is 222 g/mol. The quantitative estimate of drug-likeness (QED) is 0.589. The number of ketones is 1. The first-order valence-electron chi connectivity index (χ1n) is 6.25. The zero-order valence-corrected chi connectivity index (χ0v) is 9.54. The van der Waals surface area contributed by atoms with Crippen LogP contribution in [0.2, 0.25) is 0 Å². The number of fused-ring (bicyclic) bond motifs is 1. The molecule has 3 nitrogen and oxygen atoms in total. The molecule has 0 aromatic carbocycles. The third kappa shape index (κ3) is 1.25. The molecule has 1 saturated heterocycles. The van der Waals surface area contributed by atoms with Crippen LogP contribution in [0.5, 0.6) is 0 Å². The minimum absolute atomic E-state index is 0.316. The topological polar surface area (TPSA) is 35.5 Å². The van der Waals surface area contributed by atoms with E-state index in [1.54, 1.807) is 0 Å². The lowest BCUT2D eigenvalue weighted by molar-refractivity contribution is -0.249. The van der Waals surface area contributed by atoms with Crippen LogP contribution in [0.1, 0.15) is 38.5 Å². The summed E-state index contributed by atoms with van der Waals surface area (Å²) in [6.07, 6.45) is 9.49. The Morgan fingerprint density at radius 2 is 1.81 bits per heavy atom. The molecule has 0 amide bonds. The summed E-state index contributed by atoms with van der Waals surface area (Å²) in [5.74, 6) is -0.274. The van der Waals surface area contributed by atoms with Gasteiger partial charge in [0.2, 0.25) is 0 Å². The Bertz CT molecular complexity index is 328. The second-order valence-corrected chi connectivity index (χ2v) is 5.04. The highest BCUT2D eigenvalue weighted by Gasteiger charge is 2.60. The van der Waals surface area contributed by atoms with Crippen molar-refractivity contribution in [3.63, 3.8) is 0 Å². The lowest BCUT2D eigenvalue weighted by Crippen LogP contribution is -2.56. The second kappa shape index (κ2) is 3.67. The van der Waals surface area contributed by atoms with Crippen molar-refractivity contribution in [2.75, 3.05) is 13.2 Å². The number of hydrogen-bond donors (Lipinski definition) is 0. The van der Waals surface area contributed by atoms with Gasteiger partial charge in [0.25, 0.3) is 0 Å². The molecule has 0 radical (unpaired) electrons. The third-order valence-corrected chi connectivity index (χ3v) is 4.31. The van der Waals surface area contributed by atoms with Gasteiger partial charge in [-0.1, -0.05) is 18.6 Å². The lowest BCUT2D eigenvalue weighted by Gasteiger charge is -2.49. The van der Waals surface area contributed by atoms with Crippen LogP contribution in [0.3, 0.4) is 0 Å². The van der Waals surface area contributed by atoms with E-state index in [1.807, 2.05) is 6.08 Å². The molecule has 2 spiro atoms. The number of carbonyl (C=O) groups is 1. The molecule has 2 fully saturated rings. The summed E-state index contributed by atoms with van der Waals surface area (Å²) in [5, 5.41) is 0. The maximum Gasteiger partial charge on any atom is 0.181 e. The molecule has 0 aromatic heterocycles. The molecule has 3 aliphatic rings. The molecule has 16 heavy (non-hydrogen) atoms. The molecule has 1 atom stereocenters. The number of hydrogen-bond acceptors (Lipinski definition) is 3. The van der Waals surface area contributed by atoms with Gasteiger partial charge < -0.3 is 9.47 Å². The van der Waals surface area contributed by atoms with Gasteiger partial charge in [0, 0.05) is 12.8 Å². The van der Waals surface area contributed by atoms with Crippen molar-refractivity contribution >= 4 is 5.78 Å². The summed E-state index contributed by atoms with van der Waals surface area (Å²) in [5.41, 5.74) is -0.378. The minimum Gasteiger partial charge on any atom is -0.346 e. The molecule has 88 valence electrons. The van der Waals surface area contributed by atoms with Gasteiger partial charge in [-0.05, 0) is 19.3 Å². The minimum atomic E-state index is -0.590. The predicted octanol–water partition coefficient (Wildman–Crippen LogP) is 2.21. The van der Waals surface area contributed by atoms with Gasteiger partial charge >= 0.3 is 0 Å². The predicted molar refractivity (Wildman–Crippen MR) is 58.9 cm³/mol. The van der Waals surface area contributed by atoms with E-state index in [0.29, 0.717) is 25.4 Å². The van der Waals surface area contributed by atoms with Gasteiger partial charge in [-0.3, -0.25) is 4.79 Å². The van der Waals surface area contributed by atoms with E-state index in [0.717, 1.165) is 32.1 Å². The Morgan fingerprint density at radius 3 is 2.56 bits per heavy atom. The number of allylic oxidation sites excluding steroid dienone is 2. The van der Waals surface area contributed by atoms with Crippen molar-refractivity contribution in [2.45, 2.75) is 44.3 Å². The van der Waals surface area contributed by atoms with E-state index in [9.17, 15) is 4.79 Å². The molecule has 0 N–H and O–H groups in total. The van der Waals surface area contributed by atoms with Crippen LogP contribution in [0, 0.1) is 5.41 Å². The van der Waals surface area contributed by atoms with Crippen molar-refractivity contribution in [2.24, 2.45) is 5.41 Å². The standard InChI is InChI=1S/C13H18O3/c14-11-5-1-2-6-12(11)7-3-4-8-13(12)15-9-10-16-13/h1-2H,3-10H2/t12-/m1/s1. The molecule has 1 saturated carbocycles. The number of carbonyl (C=O) groups excluding carboxylic acids is 1. The monoisotopic (exact) mass is 222 g/mol. The fourth-order valence-electron chi connectivity index (χ4n) is 3.48. The summed E-state index contributed by atoms with van der Waals surface area (Å²) in [7, 11) is 0. The maximum atomic E-state index is 12.3. The van der Waals surface area contributed by atoms with Crippen molar-refractivity contribution < 1.29 is 14.3 Å². The van der Waals surface area contributed by atoms with E-state index in [4.69, 9.17) is 9.47 Å². The first-order chi connectivity index (χ1) is 7.79. The van der Waals surface area contributed by atoms with Gasteiger partial charge in [-0.15, -0.1) is 0 Å². The molecular weight excluding hydrogens is 204 g/mol. The van der Waals surface area contributed by atoms with Crippen LogP contribution < -0.4 is 0 Å². The second-order valence-electron chi connectivity index (χ2n) is 5.04. The lowest BCUT2D eigenvalue weighted by atomic mass is 9.62. The molecular formula is C13H18O3. The first kappa shape index (κ1) is 10.5. The van der Waals surface area contributed by atoms with Crippen LogP contribution in [-0.4, -0.2) is 24.8 Å². The summed E-state index contributed by atoms with van der Waals surface area (Å²) < 4.78 is 11.7. The third-order valence-electron chi connectivity index (χ3n) is 4.31. The Hall–Kier alpha value is -0.670. The Labute approximate surface area is 95.8 Å². The van der Waals surface area contributed by atoms with E-state index in [2.05, 4.69) is 6.08 Å². The van der Waals surface area contributed by atoms with Crippen LogP contribution >= 0.6 is 0 Å². The van der Waals surface area contributed by atoms with Gasteiger partial charge in [0.1, 0.15) is 5.78 Å². The van der Waals surface area contributed by atoms with Crippen molar-refractivity contribution in [3.8, 4) is 0 Å². The van der Waals surface area contributed by atoms with Gasteiger partial charge in [0.05, 0.1) is 18.6 Å². The molecule has 3 rings (SSSR count). The van der Waals surface area contributed by atoms with E-state index >= 15 is 0 Å². The molecule has 3 heteroatoms. The summed E-state index contributed by atoms with van der Waals surface area (Å²) in [6, 6.07) is 0. The Kier molecular flexibility index (Phi) is 2.41. The molecule has 1 heterocycles. The van der Waals surface area contributed by atoms with E-state index in [-0.39, 0.29) is 5.41 Å². The van der Waals surface area contributed by atoms with Crippen LogP contribution in [-0.2, 0) is 14.3 Å². The van der Waals surface area contributed by atoms with Crippen LogP contribution in [0.15, 0.2) is 12.2 Å². The van der Waals surface area contributed by atoms with Crippen LogP contribution in [0.25, 0.3) is 0 Å². The van der Waals surface area contributed by atoms with E-state index in [1.165, 1.54) is 0 Å². The van der Waals surface area contributed by atoms with Crippen molar-refractivity contribution in [1.82, 2.24) is 0 Å². The fourth-order valence-corrected chi connectivity index (χ4v) is 3.48. The van der Waals surface area contributed by atoms with Crippen molar-refractivity contribution in [1.29, 1.82) is 0 Å². The fraction of sp³-hybridized carbons (Fsp3) is 0.769. The first-order valence-corrected chi connectivity index (χ1v) is 6.25. The maximum absolute atomic E-state index is 12.3. The van der Waals surface area contributed by atoms with Gasteiger partial charge in [-0.2, -0.15) is 0 Å². The Morgan fingerprint density at radius 1 is 1.06 bits per heavy atom. The van der Waals surface area contributed by atoms with Crippen molar-refractivity contribution in [3.05, 3.63) is 12.2 Å². The highest BCUT2D eigenvalue weighted by atomic mass is 16.7.